The molecule has 180 valence electrons. The van der Waals surface area contributed by atoms with Crippen LogP contribution in [0.15, 0.2) is 53.6 Å². The highest BCUT2D eigenvalue weighted by Gasteiger charge is 2.32. The number of carbonyl (C=O) groups excluding carboxylic acids is 1. The van der Waals surface area contributed by atoms with E-state index in [4.69, 9.17) is 4.74 Å². The van der Waals surface area contributed by atoms with Crippen LogP contribution in [0.1, 0.15) is 40.7 Å². The van der Waals surface area contributed by atoms with E-state index in [1.165, 1.54) is 6.92 Å². The Morgan fingerprint density at radius 2 is 1.94 bits per heavy atom. The van der Waals surface area contributed by atoms with Gasteiger partial charge < -0.3 is 9.64 Å². The van der Waals surface area contributed by atoms with Crippen LogP contribution in [0.25, 0.3) is 0 Å². The Hall–Kier alpha value is -3.31. The fraction of sp³-hybridized carbons (Fsp3) is 0.304. The maximum atomic E-state index is 13.2. The Balaban J connectivity index is 1.55. The molecule has 0 bridgehead atoms. The molecule has 8 nitrogen and oxygen atoms in total. The lowest BCUT2D eigenvalue weighted by atomic mass is 10.1. The van der Waals surface area contributed by atoms with E-state index in [2.05, 4.69) is 9.82 Å². The fourth-order valence-electron chi connectivity index (χ4n) is 4.07. The normalized spacial score (nSPS) is 15.6. The molecule has 11 heteroatoms. The number of amides is 1. The van der Waals surface area contributed by atoms with Gasteiger partial charge in [0, 0.05) is 23.8 Å². The van der Waals surface area contributed by atoms with Gasteiger partial charge in [0.2, 0.25) is 10.0 Å². The number of sulfonamides is 1. The minimum absolute atomic E-state index is 0.0700. The summed E-state index contributed by atoms with van der Waals surface area (Å²) in [5.41, 5.74) is 2.68. The van der Waals surface area contributed by atoms with Gasteiger partial charge in [0.05, 0.1) is 19.0 Å². The molecule has 4 rings (SSSR count). The summed E-state index contributed by atoms with van der Waals surface area (Å²) in [6.45, 7) is 0.214. The van der Waals surface area contributed by atoms with Crippen LogP contribution < -0.4 is 14.4 Å². The number of fused-ring (bicyclic) bond motifs is 1. The smallest absolute Gasteiger partial charge is 0.333 e. The second kappa shape index (κ2) is 9.15. The lowest BCUT2D eigenvalue weighted by Gasteiger charge is -2.23. The van der Waals surface area contributed by atoms with Gasteiger partial charge in [-0.1, -0.05) is 12.1 Å². The van der Waals surface area contributed by atoms with Gasteiger partial charge in [-0.05, 0) is 61.7 Å². The van der Waals surface area contributed by atoms with E-state index in [0.29, 0.717) is 33.7 Å². The monoisotopic (exact) mass is 490 g/mol. The molecule has 1 N–H and O–H groups in total. The third kappa shape index (κ3) is 4.40. The highest BCUT2D eigenvalue weighted by Crippen LogP contribution is 2.34. The predicted octanol–water partition coefficient (Wildman–Crippen LogP) is 3.67. The van der Waals surface area contributed by atoms with Gasteiger partial charge in [-0.2, -0.15) is 13.9 Å². The van der Waals surface area contributed by atoms with E-state index in [-0.39, 0.29) is 29.1 Å². The van der Waals surface area contributed by atoms with Gasteiger partial charge in [-0.15, -0.1) is 0 Å². The molecular weight excluding hydrogens is 466 g/mol. The Bertz CT molecular complexity index is 1320. The van der Waals surface area contributed by atoms with Crippen molar-refractivity contribution in [1.29, 1.82) is 0 Å². The van der Waals surface area contributed by atoms with Crippen molar-refractivity contribution in [2.75, 3.05) is 12.0 Å². The van der Waals surface area contributed by atoms with Crippen molar-refractivity contribution in [3.05, 3.63) is 71.0 Å². The average Bonchev–Trinajstić information content (AvgIpc) is 3.36. The molecule has 34 heavy (non-hydrogen) atoms. The maximum Gasteiger partial charge on any atom is 0.333 e. The molecule has 0 fully saturated rings. The zero-order chi connectivity index (χ0) is 24.6. The number of aromatic nitrogens is 2. The molecule has 0 radical (unpaired) electrons. The van der Waals surface area contributed by atoms with Crippen molar-refractivity contribution >= 4 is 21.6 Å². The summed E-state index contributed by atoms with van der Waals surface area (Å²) in [7, 11) is -2.51. The molecular formula is C23H24F2N4O4S. The van der Waals surface area contributed by atoms with Crippen LogP contribution >= 0.6 is 0 Å². The zero-order valence-corrected chi connectivity index (χ0v) is 19.6. The van der Waals surface area contributed by atoms with Gasteiger partial charge in [-0.3, -0.25) is 4.79 Å². The van der Waals surface area contributed by atoms with E-state index in [0.717, 1.165) is 11.8 Å². The topological polar surface area (TPSA) is 93.5 Å². The maximum absolute atomic E-state index is 13.2. The van der Waals surface area contributed by atoms with E-state index < -0.39 is 16.6 Å². The van der Waals surface area contributed by atoms with Crippen LogP contribution in [0.5, 0.6) is 5.75 Å². The van der Waals surface area contributed by atoms with Crippen molar-refractivity contribution in [1.82, 2.24) is 14.5 Å². The first-order valence-corrected chi connectivity index (χ1v) is 12.0. The Kier molecular flexibility index (Phi) is 6.41. The molecule has 0 unspecified atom stereocenters. The van der Waals surface area contributed by atoms with Gasteiger partial charge in [-0.25, -0.2) is 17.8 Å². The van der Waals surface area contributed by atoms with Crippen molar-refractivity contribution in [3.63, 3.8) is 0 Å². The molecule has 1 amide bonds. The molecule has 1 atom stereocenters. The quantitative estimate of drug-likeness (QED) is 0.546. The van der Waals surface area contributed by atoms with Crippen LogP contribution in [0.2, 0.25) is 0 Å². The number of hydrogen-bond donors (Lipinski definition) is 1. The van der Waals surface area contributed by atoms with Crippen LogP contribution in [0, 0.1) is 6.92 Å². The third-order valence-electron chi connectivity index (χ3n) is 5.86. The third-order valence-corrected chi connectivity index (χ3v) is 7.37. The predicted molar refractivity (Wildman–Crippen MR) is 122 cm³/mol. The first kappa shape index (κ1) is 23.8. The number of rotatable bonds is 7. The Labute approximate surface area is 196 Å². The Morgan fingerprint density at radius 1 is 1.24 bits per heavy atom. The molecule has 0 saturated carbocycles. The lowest BCUT2D eigenvalue weighted by molar-refractivity contribution is 0.0541. The number of halogens is 2. The molecule has 0 spiro atoms. The second-order valence-electron chi connectivity index (χ2n) is 8.06. The first-order valence-electron chi connectivity index (χ1n) is 10.5. The number of anilines is 1. The summed E-state index contributed by atoms with van der Waals surface area (Å²) >= 11 is 0. The summed E-state index contributed by atoms with van der Waals surface area (Å²) in [6.07, 6.45) is 1.58. The highest BCUT2D eigenvalue weighted by atomic mass is 32.2. The van der Waals surface area contributed by atoms with E-state index in [1.807, 2.05) is 13.0 Å². The van der Waals surface area contributed by atoms with E-state index >= 15 is 0 Å². The molecule has 0 saturated heterocycles. The largest absolute Gasteiger partial charge is 0.497 e. The zero-order valence-electron chi connectivity index (χ0n) is 18.8. The molecule has 2 heterocycles. The second-order valence-corrected chi connectivity index (χ2v) is 9.80. The molecule has 1 aliphatic heterocycles. The van der Waals surface area contributed by atoms with Crippen LogP contribution in [-0.2, 0) is 23.0 Å². The van der Waals surface area contributed by atoms with E-state index in [1.54, 1.807) is 48.4 Å². The first-order chi connectivity index (χ1) is 16.1. The van der Waals surface area contributed by atoms with Crippen molar-refractivity contribution < 1.29 is 26.7 Å². The number of alkyl halides is 2. The van der Waals surface area contributed by atoms with Crippen molar-refractivity contribution in [3.8, 4) is 5.75 Å². The summed E-state index contributed by atoms with van der Waals surface area (Å²) in [5.74, 6) is 0.483. The fourth-order valence-corrected chi connectivity index (χ4v) is 5.25. The number of carbonyl (C=O) groups is 1. The summed E-state index contributed by atoms with van der Waals surface area (Å²) < 4.78 is 59.2. The van der Waals surface area contributed by atoms with Crippen LogP contribution in [0.4, 0.5) is 14.5 Å². The lowest BCUT2D eigenvalue weighted by Crippen LogP contribution is -2.35. The summed E-state index contributed by atoms with van der Waals surface area (Å²) in [4.78, 5) is 14.6. The number of benzene rings is 2. The molecule has 3 aromatic rings. The standard InChI is InChI=1S/C23H24F2N4O4S/c1-14-10-18-5-4-16(12-27-34(31,32)21-13-26-29(15(21)2)23(24)25)11-20(18)28(14)22(30)17-6-8-19(33-3)9-7-17/h4-9,11,13-14,23,27H,10,12H2,1-3H3/t14-/m1/s1. The summed E-state index contributed by atoms with van der Waals surface area (Å²) in [5, 5.41) is 3.46. The molecule has 1 aromatic heterocycles. The number of nitrogens with one attached hydrogen (secondary N) is 1. The molecule has 1 aliphatic rings. The molecule has 2 aromatic carbocycles. The van der Waals surface area contributed by atoms with Gasteiger partial charge in [0.15, 0.2) is 0 Å². The minimum Gasteiger partial charge on any atom is -0.497 e. The SMILES string of the molecule is COc1ccc(C(=O)N2c3cc(CNS(=O)(=O)c4cnn(C(F)F)c4C)ccc3C[C@H]2C)cc1. The van der Waals surface area contributed by atoms with Crippen LogP contribution in [-0.4, -0.2) is 37.3 Å². The van der Waals surface area contributed by atoms with Gasteiger partial charge in [0.25, 0.3) is 5.91 Å². The number of methoxy groups -OCH3 is 1. The highest BCUT2D eigenvalue weighted by molar-refractivity contribution is 7.89. The van der Waals surface area contributed by atoms with E-state index in [9.17, 15) is 22.0 Å². The number of ether oxygens (including phenoxy) is 1. The molecule has 0 aliphatic carbocycles. The van der Waals surface area contributed by atoms with Crippen molar-refractivity contribution in [2.45, 2.75) is 44.3 Å². The number of nitrogens with zero attached hydrogens (tertiary/aromatic N) is 3. The number of hydrogen-bond acceptors (Lipinski definition) is 5. The summed E-state index contributed by atoms with van der Waals surface area (Å²) in [6, 6.07) is 12.2. The minimum atomic E-state index is -4.07. The van der Waals surface area contributed by atoms with Crippen LogP contribution in [0.3, 0.4) is 0 Å². The van der Waals surface area contributed by atoms with Crippen molar-refractivity contribution in [2.24, 2.45) is 0 Å². The Morgan fingerprint density at radius 3 is 2.56 bits per heavy atom. The van der Waals surface area contributed by atoms with Gasteiger partial charge >= 0.3 is 6.55 Å². The average molecular weight is 491 g/mol. The van der Waals surface area contributed by atoms with Gasteiger partial charge in [0.1, 0.15) is 10.6 Å².